The molecule has 3 heteroatoms. The fourth-order valence-electron chi connectivity index (χ4n) is 0.905. The summed E-state index contributed by atoms with van der Waals surface area (Å²) in [5.74, 6) is -0.493. The highest BCUT2D eigenvalue weighted by Crippen LogP contribution is 2.00. The third-order valence-corrected chi connectivity index (χ3v) is 1.63. The van der Waals surface area contributed by atoms with E-state index in [9.17, 15) is 9.59 Å². The molecule has 0 spiro atoms. The topological polar surface area (TPSA) is 43.4 Å². The van der Waals surface area contributed by atoms with Gasteiger partial charge in [0.2, 0.25) is 0 Å². The van der Waals surface area contributed by atoms with Gasteiger partial charge in [-0.2, -0.15) is 0 Å². The van der Waals surface area contributed by atoms with Crippen molar-refractivity contribution < 1.29 is 14.3 Å². The lowest BCUT2D eigenvalue weighted by atomic mass is 10.1. The highest BCUT2D eigenvalue weighted by atomic mass is 16.5. The summed E-state index contributed by atoms with van der Waals surface area (Å²) >= 11 is 0. The largest absolute Gasteiger partial charge is 0.469 e. The van der Waals surface area contributed by atoms with Crippen molar-refractivity contribution in [2.45, 2.75) is 32.6 Å². The maximum atomic E-state index is 11.1. The van der Waals surface area contributed by atoms with Gasteiger partial charge in [0.25, 0.3) is 0 Å². The van der Waals surface area contributed by atoms with Gasteiger partial charge in [0.1, 0.15) is 12.2 Å². The van der Waals surface area contributed by atoms with Crippen LogP contribution in [0.2, 0.25) is 0 Å². The number of Topliss-reactive ketones (excluding diaryl/α,β-unsaturated/α-hetero) is 1. The summed E-state index contributed by atoms with van der Waals surface area (Å²) < 4.78 is 4.37. The molecule has 0 radical (unpaired) electrons. The first-order chi connectivity index (χ1) is 6.20. The van der Waals surface area contributed by atoms with Crippen LogP contribution in [0.25, 0.3) is 0 Å². The fourth-order valence-corrected chi connectivity index (χ4v) is 0.905. The minimum atomic E-state index is -0.448. The van der Waals surface area contributed by atoms with Crippen LogP contribution in [0.4, 0.5) is 0 Å². The quantitative estimate of drug-likeness (QED) is 0.274. The van der Waals surface area contributed by atoms with Gasteiger partial charge in [0.15, 0.2) is 0 Å². The molecule has 0 aromatic carbocycles. The van der Waals surface area contributed by atoms with E-state index in [1.54, 1.807) is 0 Å². The van der Waals surface area contributed by atoms with Crippen LogP contribution in [0, 0.1) is 0 Å². The lowest BCUT2D eigenvalue weighted by Gasteiger charge is -1.97. The molecule has 0 fully saturated rings. The molecular formula is C10H16O3. The van der Waals surface area contributed by atoms with E-state index in [1.807, 2.05) is 19.1 Å². The molecule has 74 valence electrons. The van der Waals surface area contributed by atoms with Crippen LogP contribution < -0.4 is 0 Å². The standard InChI is InChI=1S/C10H16O3/c1-3-4-5-6-7-9(11)8-10(12)13-2/h3-4H,5-8H2,1-2H3/b4-3-. The number of esters is 1. The number of hydrogen-bond donors (Lipinski definition) is 0. The van der Waals surface area contributed by atoms with E-state index in [0.29, 0.717) is 6.42 Å². The number of rotatable bonds is 6. The maximum Gasteiger partial charge on any atom is 0.313 e. The molecule has 0 aliphatic rings. The monoisotopic (exact) mass is 184 g/mol. The van der Waals surface area contributed by atoms with Crippen LogP contribution in [0.15, 0.2) is 12.2 Å². The highest BCUT2D eigenvalue weighted by molar-refractivity contribution is 5.95. The van der Waals surface area contributed by atoms with Gasteiger partial charge in [0.05, 0.1) is 7.11 Å². The molecule has 3 nitrogen and oxygen atoms in total. The molecule has 0 heterocycles. The predicted octanol–water partition coefficient (Wildman–Crippen LogP) is 1.86. The Hall–Kier alpha value is -1.12. The van der Waals surface area contributed by atoms with Gasteiger partial charge in [-0.1, -0.05) is 12.2 Å². The molecule has 0 bridgehead atoms. The van der Waals surface area contributed by atoms with E-state index < -0.39 is 5.97 Å². The summed E-state index contributed by atoms with van der Waals surface area (Å²) in [5, 5.41) is 0. The molecule has 0 aromatic rings. The van der Waals surface area contributed by atoms with Gasteiger partial charge >= 0.3 is 5.97 Å². The molecule has 13 heavy (non-hydrogen) atoms. The average Bonchev–Trinajstić information content (AvgIpc) is 2.12. The SMILES string of the molecule is C/C=C\CCCC(=O)CC(=O)OC. The van der Waals surface area contributed by atoms with Crippen molar-refractivity contribution in [3.8, 4) is 0 Å². The van der Waals surface area contributed by atoms with E-state index >= 15 is 0 Å². The third kappa shape index (κ3) is 7.25. The average molecular weight is 184 g/mol. The Kier molecular flexibility index (Phi) is 6.88. The Morgan fingerprint density at radius 1 is 1.38 bits per heavy atom. The summed E-state index contributed by atoms with van der Waals surface area (Å²) in [6, 6.07) is 0. The first-order valence-corrected chi connectivity index (χ1v) is 4.40. The lowest BCUT2D eigenvalue weighted by molar-refractivity contribution is -0.143. The van der Waals surface area contributed by atoms with Gasteiger partial charge in [-0.25, -0.2) is 0 Å². The van der Waals surface area contributed by atoms with Crippen LogP contribution in [0.3, 0.4) is 0 Å². The van der Waals surface area contributed by atoms with Gasteiger partial charge in [0, 0.05) is 6.42 Å². The third-order valence-electron chi connectivity index (χ3n) is 1.63. The summed E-state index contributed by atoms with van der Waals surface area (Å²) in [5.41, 5.74) is 0. The fraction of sp³-hybridized carbons (Fsp3) is 0.600. The van der Waals surface area contributed by atoms with Crippen LogP contribution in [0.1, 0.15) is 32.6 Å². The van der Waals surface area contributed by atoms with Crippen molar-refractivity contribution in [2.24, 2.45) is 0 Å². The first-order valence-electron chi connectivity index (χ1n) is 4.40. The molecule has 0 aromatic heterocycles. The number of allylic oxidation sites excluding steroid dienone is 2. The summed E-state index contributed by atoms with van der Waals surface area (Å²) in [7, 11) is 1.29. The normalized spacial score (nSPS) is 10.3. The van der Waals surface area contributed by atoms with Crippen molar-refractivity contribution in [3.63, 3.8) is 0 Å². The number of carbonyl (C=O) groups is 2. The molecule has 0 aliphatic carbocycles. The second kappa shape index (κ2) is 7.53. The highest BCUT2D eigenvalue weighted by Gasteiger charge is 2.07. The van der Waals surface area contributed by atoms with E-state index in [1.165, 1.54) is 7.11 Å². The number of ketones is 1. The molecule has 0 saturated heterocycles. The van der Waals surface area contributed by atoms with Crippen molar-refractivity contribution in [2.75, 3.05) is 7.11 Å². The molecular weight excluding hydrogens is 168 g/mol. The molecule has 0 rings (SSSR count). The van der Waals surface area contributed by atoms with Crippen molar-refractivity contribution in [1.82, 2.24) is 0 Å². The van der Waals surface area contributed by atoms with Gasteiger partial charge in [-0.15, -0.1) is 0 Å². The van der Waals surface area contributed by atoms with Crippen LogP contribution >= 0.6 is 0 Å². The Morgan fingerprint density at radius 3 is 2.62 bits per heavy atom. The van der Waals surface area contributed by atoms with Crippen molar-refractivity contribution in [3.05, 3.63) is 12.2 Å². The van der Waals surface area contributed by atoms with Gasteiger partial charge in [-0.05, 0) is 19.8 Å². The van der Waals surface area contributed by atoms with E-state index in [0.717, 1.165) is 12.8 Å². The Bertz CT molecular complexity index is 194. The molecule has 0 aliphatic heterocycles. The van der Waals surface area contributed by atoms with Crippen LogP contribution in [-0.4, -0.2) is 18.9 Å². The zero-order valence-corrected chi connectivity index (χ0v) is 8.21. The number of carbonyl (C=O) groups excluding carboxylic acids is 2. The number of hydrogen-bond acceptors (Lipinski definition) is 3. The van der Waals surface area contributed by atoms with Crippen molar-refractivity contribution in [1.29, 1.82) is 0 Å². The van der Waals surface area contributed by atoms with Gasteiger partial charge < -0.3 is 4.74 Å². The minimum absolute atomic E-state index is 0.0450. The Labute approximate surface area is 78.8 Å². The zero-order chi connectivity index (χ0) is 10.1. The Balaban J connectivity index is 3.46. The molecule has 0 amide bonds. The predicted molar refractivity (Wildman–Crippen MR) is 50.3 cm³/mol. The van der Waals surface area contributed by atoms with E-state index in [2.05, 4.69) is 4.74 Å². The Morgan fingerprint density at radius 2 is 2.08 bits per heavy atom. The van der Waals surface area contributed by atoms with E-state index in [-0.39, 0.29) is 12.2 Å². The number of ether oxygens (including phenoxy) is 1. The zero-order valence-electron chi connectivity index (χ0n) is 8.21. The smallest absolute Gasteiger partial charge is 0.313 e. The number of methoxy groups -OCH3 is 1. The van der Waals surface area contributed by atoms with E-state index in [4.69, 9.17) is 0 Å². The summed E-state index contributed by atoms with van der Waals surface area (Å²) in [6.07, 6.45) is 6.02. The second-order valence-electron chi connectivity index (χ2n) is 2.75. The lowest BCUT2D eigenvalue weighted by Crippen LogP contribution is -2.08. The molecule has 0 N–H and O–H groups in total. The van der Waals surface area contributed by atoms with Crippen LogP contribution in [0.5, 0.6) is 0 Å². The molecule has 0 atom stereocenters. The first kappa shape index (κ1) is 11.9. The van der Waals surface area contributed by atoms with Gasteiger partial charge in [-0.3, -0.25) is 9.59 Å². The summed E-state index contributed by atoms with van der Waals surface area (Å²) in [6.45, 7) is 1.94. The van der Waals surface area contributed by atoms with Crippen LogP contribution in [-0.2, 0) is 14.3 Å². The minimum Gasteiger partial charge on any atom is -0.469 e. The van der Waals surface area contributed by atoms with Crippen molar-refractivity contribution >= 4 is 11.8 Å². The second-order valence-corrected chi connectivity index (χ2v) is 2.75. The molecule has 0 saturated carbocycles. The number of unbranched alkanes of at least 4 members (excludes halogenated alkanes) is 1. The maximum absolute atomic E-state index is 11.1. The summed E-state index contributed by atoms with van der Waals surface area (Å²) in [4.78, 5) is 21.7. The molecule has 0 unspecified atom stereocenters.